The number of nitrogens with one attached hydrogen (secondary N) is 2. The lowest BCUT2D eigenvalue weighted by Gasteiger charge is -2.44. The van der Waals surface area contributed by atoms with Gasteiger partial charge in [-0.25, -0.2) is 9.59 Å². The fourth-order valence-electron chi connectivity index (χ4n) is 4.87. The zero-order chi connectivity index (χ0) is 35.0. The van der Waals surface area contributed by atoms with E-state index in [0.29, 0.717) is 11.1 Å². The van der Waals surface area contributed by atoms with E-state index in [1.807, 2.05) is 30.3 Å². The molecule has 0 aromatic heterocycles. The first-order chi connectivity index (χ1) is 21.1. The SMILES string of the molecule is C#Cc1ccccc1C(C(=O)NC(Cc1ccccc1)C(=O)OC(C)(C)C)N(C(=O)C(NC(=O)OC(C)(C)C)C(C)C)C(C)(C)C. The Morgan fingerprint density at radius 1 is 0.804 bits per heavy atom. The molecule has 0 aliphatic rings. The number of hydrogen-bond donors (Lipinski definition) is 2. The molecule has 3 unspecified atom stereocenters. The predicted octanol–water partition coefficient (Wildman–Crippen LogP) is 5.95. The van der Waals surface area contributed by atoms with Gasteiger partial charge in [0.15, 0.2) is 0 Å². The van der Waals surface area contributed by atoms with Gasteiger partial charge in [0, 0.05) is 17.5 Å². The maximum absolute atomic E-state index is 14.6. The van der Waals surface area contributed by atoms with Crippen molar-refractivity contribution < 1.29 is 28.7 Å². The van der Waals surface area contributed by atoms with Crippen molar-refractivity contribution in [2.45, 2.75) is 117 Å². The highest BCUT2D eigenvalue weighted by Gasteiger charge is 2.44. The smallest absolute Gasteiger partial charge is 0.408 e. The average Bonchev–Trinajstić information content (AvgIpc) is 2.91. The van der Waals surface area contributed by atoms with Gasteiger partial charge in [-0.15, -0.1) is 6.42 Å². The van der Waals surface area contributed by atoms with Crippen LogP contribution in [-0.2, 0) is 30.3 Å². The van der Waals surface area contributed by atoms with Crippen LogP contribution in [0.25, 0.3) is 0 Å². The largest absolute Gasteiger partial charge is 0.458 e. The molecule has 46 heavy (non-hydrogen) atoms. The number of nitrogens with zero attached hydrogens (tertiary/aromatic N) is 1. The van der Waals surface area contributed by atoms with Crippen LogP contribution in [0.1, 0.15) is 98.9 Å². The summed E-state index contributed by atoms with van der Waals surface area (Å²) in [6, 6.07) is 12.7. The van der Waals surface area contributed by atoms with Crippen LogP contribution in [0, 0.1) is 18.3 Å². The molecule has 0 bridgehead atoms. The van der Waals surface area contributed by atoms with E-state index in [4.69, 9.17) is 15.9 Å². The van der Waals surface area contributed by atoms with Gasteiger partial charge in [-0.05, 0) is 85.4 Å². The van der Waals surface area contributed by atoms with Crippen molar-refractivity contribution in [1.82, 2.24) is 15.5 Å². The first kappa shape index (κ1) is 37.9. The molecule has 0 fully saturated rings. The maximum Gasteiger partial charge on any atom is 0.408 e. The highest BCUT2D eigenvalue weighted by Crippen LogP contribution is 2.33. The summed E-state index contributed by atoms with van der Waals surface area (Å²) in [5.41, 5.74) is -0.940. The molecule has 0 saturated heterocycles. The Morgan fingerprint density at radius 3 is 1.85 bits per heavy atom. The summed E-state index contributed by atoms with van der Waals surface area (Å²) in [6.07, 6.45) is 5.29. The Hall–Kier alpha value is -4.32. The number of esters is 1. The van der Waals surface area contributed by atoms with Crippen LogP contribution >= 0.6 is 0 Å². The Bertz CT molecular complexity index is 1410. The van der Waals surface area contributed by atoms with Crippen molar-refractivity contribution in [1.29, 1.82) is 0 Å². The Morgan fingerprint density at radius 2 is 1.35 bits per heavy atom. The third kappa shape index (κ3) is 11.2. The maximum atomic E-state index is 14.6. The van der Waals surface area contributed by atoms with Gasteiger partial charge < -0.3 is 25.0 Å². The number of benzene rings is 2. The Labute approximate surface area is 274 Å². The molecule has 2 aromatic carbocycles. The zero-order valence-electron chi connectivity index (χ0n) is 29.2. The minimum atomic E-state index is -1.28. The topological polar surface area (TPSA) is 114 Å². The standard InChI is InChI=1S/C37H51N3O6/c1-13-26-21-17-18-22-27(26)30(31(41)38-28(33(43)45-36(7,8)9)23-25-19-15-14-16-20-25)40(35(4,5)6)32(42)29(24(2)3)39-34(44)46-37(10,11)12/h1,14-22,24,28-30H,23H2,2-12H3,(H,38,41)(H,39,44). The number of ether oxygens (including phenoxy) is 2. The molecule has 2 N–H and O–H groups in total. The van der Waals surface area contributed by atoms with Gasteiger partial charge in [-0.1, -0.05) is 68.3 Å². The summed E-state index contributed by atoms with van der Waals surface area (Å²) >= 11 is 0. The molecule has 2 rings (SSSR count). The zero-order valence-corrected chi connectivity index (χ0v) is 29.2. The molecule has 2 aromatic rings. The number of rotatable bonds is 10. The van der Waals surface area contributed by atoms with Crippen LogP contribution in [0.2, 0.25) is 0 Å². The molecular weight excluding hydrogens is 582 g/mol. The van der Waals surface area contributed by atoms with Crippen LogP contribution in [-0.4, -0.2) is 57.6 Å². The number of terminal acetylenes is 1. The molecule has 0 aliphatic carbocycles. The van der Waals surface area contributed by atoms with E-state index >= 15 is 0 Å². The Kier molecular flexibility index (Phi) is 12.6. The third-order valence-corrected chi connectivity index (χ3v) is 6.77. The molecule has 250 valence electrons. The quantitative estimate of drug-likeness (QED) is 0.247. The van der Waals surface area contributed by atoms with E-state index < -0.39 is 58.7 Å². The van der Waals surface area contributed by atoms with E-state index in [2.05, 4.69) is 16.6 Å². The van der Waals surface area contributed by atoms with Crippen LogP contribution in [0.3, 0.4) is 0 Å². The van der Waals surface area contributed by atoms with Crippen LogP contribution < -0.4 is 10.6 Å². The van der Waals surface area contributed by atoms with Crippen LogP contribution in [0.5, 0.6) is 0 Å². The van der Waals surface area contributed by atoms with Gasteiger partial charge in [-0.2, -0.15) is 0 Å². The van der Waals surface area contributed by atoms with Crippen molar-refractivity contribution in [2.75, 3.05) is 0 Å². The van der Waals surface area contributed by atoms with Crippen molar-refractivity contribution in [3.63, 3.8) is 0 Å². The summed E-state index contributed by atoms with van der Waals surface area (Å²) in [5.74, 6) is 0.502. The van der Waals surface area contributed by atoms with Crippen molar-refractivity contribution in [3.8, 4) is 12.3 Å². The van der Waals surface area contributed by atoms with Gasteiger partial charge >= 0.3 is 12.1 Å². The van der Waals surface area contributed by atoms with Gasteiger partial charge in [0.25, 0.3) is 0 Å². The van der Waals surface area contributed by atoms with Gasteiger partial charge in [0.05, 0.1) is 0 Å². The summed E-state index contributed by atoms with van der Waals surface area (Å²) in [7, 11) is 0. The summed E-state index contributed by atoms with van der Waals surface area (Å²) in [6.45, 7) is 19.4. The summed E-state index contributed by atoms with van der Waals surface area (Å²) in [5, 5.41) is 5.62. The van der Waals surface area contributed by atoms with E-state index in [1.165, 1.54) is 4.90 Å². The molecule has 0 spiro atoms. The van der Waals surface area contributed by atoms with Gasteiger partial charge in [0.1, 0.15) is 29.3 Å². The van der Waals surface area contributed by atoms with E-state index in [0.717, 1.165) is 5.56 Å². The van der Waals surface area contributed by atoms with E-state index in [1.54, 1.807) is 100 Å². The monoisotopic (exact) mass is 633 g/mol. The lowest BCUT2D eigenvalue weighted by atomic mass is 9.91. The molecular formula is C37H51N3O6. The van der Waals surface area contributed by atoms with Crippen LogP contribution in [0.15, 0.2) is 54.6 Å². The second-order valence-corrected chi connectivity index (χ2v) is 14.7. The number of carbonyl (C=O) groups excluding carboxylic acids is 4. The average molecular weight is 634 g/mol. The number of hydrogen-bond acceptors (Lipinski definition) is 6. The highest BCUT2D eigenvalue weighted by molar-refractivity contribution is 5.95. The highest BCUT2D eigenvalue weighted by atomic mass is 16.6. The lowest BCUT2D eigenvalue weighted by molar-refractivity contribution is -0.159. The number of carbonyl (C=O) groups is 4. The first-order valence-corrected chi connectivity index (χ1v) is 15.6. The molecule has 0 heterocycles. The lowest BCUT2D eigenvalue weighted by Crippen LogP contribution is -2.60. The summed E-state index contributed by atoms with van der Waals surface area (Å²) in [4.78, 5) is 57.0. The fourth-order valence-corrected chi connectivity index (χ4v) is 4.87. The molecule has 0 radical (unpaired) electrons. The number of alkyl carbamates (subject to hydrolysis) is 1. The molecule has 9 heteroatoms. The second-order valence-electron chi connectivity index (χ2n) is 14.7. The molecule has 9 nitrogen and oxygen atoms in total. The summed E-state index contributed by atoms with van der Waals surface area (Å²) < 4.78 is 11.2. The third-order valence-electron chi connectivity index (χ3n) is 6.77. The van der Waals surface area contributed by atoms with E-state index in [9.17, 15) is 19.2 Å². The van der Waals surface area contributed by atoms with Gasteiger partial charge in [-0.3, -0.25) is 9.59 Å². The molecule has 0 aliphatic heterocycles. The number of amides is 3. The van der Waals surface area contributed by atoms with Crippen molar-refractivity contribution >= 4 is 23.9 Å². The van der Waals surface area contributed by atoms with E-state index in [-0.39, 0.29) is 12.3 Å². The van der Waals surface area contributed by atoms with Gasteiger partial charge in [0.2, 0.25) is 11.8 Å². The first-order valence-electron chi connectivity index (χ1n) is 15.6. The Balaban J connectivity index is 2.71. The normalized spacial score (nSPS) is 13.9. The van der Waals surface area contributed by atoms with Crippen molar-refractivity contribution in [2.24, 2.45) is 5.92 Å². The molecule has 3 amide bonds. The minimum absolute atomic E-state index is 0.156. The molecule has 0 saturated carbocycles. The van der Waals surface area contributed by atoms with Crippen molar-refractivity contribution in [3.05, 3.63) is 71.3 Å². The predicted molar refractivity (Wildman–Crippen MR) is 180 cm³/mol. The second kappa shape index (κ2) is 15.3. The molecule has 3 atom stereocenters. The fraction of sp³-hybridized carbons (Fsp3) is 0.514. The van der Waals surface area contributed by atoms with Crippen LogP contribution in [0.4, 0.5) is 4.79 Å². The minimum Gasteiger partial charge on any atom is -0.458 e.